The molecule has 0 aromatic heterocycles. The maximum Gasteiger partial charge on any atom is 0.305 e. The van der Waals surface area contributed by atoms with Gasteiger partial charge in [-0.3, -0.25) is 48.5 Å². The second kappa shape index (κ2) is 26.2. The van der Waals surface area contributed by atoms with Crippen molar-refractivity contribution in [3.05, 3.63) is 71.8 Å². The number of nitrogens with two attached hydrogens (primary N) is 1. The highest BCUT2D eigenvalue weighted by Gasteiger charge is 2.31. The summed E-state index contributed by atoms with van der Waals surface area (Å²) in [5.74, 6) is -7.30. The molecule has 0 saturated carbocycles. The van der Waals surface area contributed by atoms with Gasteiger partial charge in [-0.25, -0.2) is 0 Å². The number of thioether (sulfide) groups is 1. The van der Waals surface area contributed by atoms with Crippen molar-refractivity contribution in [2.24, 2.45) is 11.7 Å². The molecule has 0 bridgehead atoms. The molecule has 0 aliphatic heterocycles. The van der Waals surface area contributed by atoms with Crippen molar-refractivity contribution in [1.29, 1.82) is 0 Å². The number of primary amides is 1. The molecule has 0 heterocycles. The Hall–Kier alpha value is -5.82. The maximum atomic E-state index is 13.8. The lowest BCUT2D eigenvalue weighted by Gasteiger charge is -2.24. The molecule has 59 heavy (non-hydrogen) atoms. The number of hydrogen-bond donors (Lipinski definition) is 9. The molecule has 0 aliphatic carbocycles. The monoisotopic (exact) mass is 841 g/mol. The largest absolute Gasteiger partial charge is 0.481 e. The molecule has 0 saturated heterocycles. The van der Waals surface area contributed by atoms with E-state index in [4.69, 9.17) is 10.8 Å². The van der Waals surface area contributed by atoms with Crippen LogP contribution in [0.25, 0.3) is 0 Å². The van der Waals surface area contributed by atoms with Crippen LogP contribution in [0.1, 0.15) is 57.1 Å². The molecule has 5 unspecified atom stereocenters. The summed E-state index contributed by atoms with van der Waals surface area (Å²) in [4.78, 5) is 114. The molecule has 2 aromatic carbocycles. The van der Waals surface area contributed by atoms with Crippen molar-refractivity contribution in [3.63, 3.8) is 0 Å². The van der Waals surface area contributed by atoms with Crippen LogP contribution in [0, 0.1) is 5.92 Å². The highest BCUT2D eigenvalue weighted by atomic mass is 32.2. The molecule has 5 atom stereocenters. The van der Waals surface area contributed by atoms with E-state index >= 15 is 0 Å². The first-order chi connectivity index (χ1) is 28.0. The van der Waals surface area contributed by atoms with Gasteiger partial charge in [-0.2, -0.15) is 11.8 Å². The molecule has 2 aromatic rings. The summed E-state index contributed by atoms with van der Waals surface area (Å²) >= 11 is 1.48. The Morgan fingerprint density at radius 1 is 0.627 bits per heavy atom. The zero-order valence-corrected chi connectivity index (χ0v) is 34.2. The van der Waals surface area contributed by atoms with Crippen molar-refractivity contribution in [2.45, 2.75) is 89.0 Å². The lowest BCUT2D eigenvalue weighted by atomic mass is 10.0. The van der Waals surface area contributed by atoms with Crippen molar-refractivity contribution in [1.82, 2.24) is 31.9 Å². The number of carbonyl (C=O) groups is 9. The number of Topliss-reactive ketones (excluding diaryl/α,β-unsaturated/α-hetero) is 1. The van der Waals surface area contributed by atoms with Crippen molar-refractivity contribution >= 4 is 64.9 Å². The fourth-order valence-electron chi connectivity index (χ4n) is 5.73. The van der Waals surface area contributed by atoms with Crippen LogP contribution < -0.4 is 37.6 Å². The smallest absolute Gasteiger partial charge is 0.305 e. The van der Waals surface area contributed by atoms with Gasteiger partial charge in [0.15, 0.2) is 5.78 Å². The van der Waals surface area contributed by atoms with E-state index < -0.39 is 116 Å². The number of benzene rings is 2. The van der Waals surface area contributed by atoms with Crippen molar-refractivity contribution in [3.8, 4) is 0 Å². The Balaban J connectivity index is 2.24. The summed E-state index contributed by atoms with van der Waals surface area (Å²) in [7, 11) is 0. The quantitative estimate of drug-likeness (QED) is 0.0532. The van der Waals surface area contributed by atoms with Crippen molar-refractivity contribution < 1.29 is 53.4 Å². The first kappa shape index (κ1) is 49.3. The Morgan fingerprint density at radius 2 is 1.17 bits per heavy atom. The highest BCUT2D eigenvalue weighted by molar-refractivity contribution is 7.98. The highest BCUT2D eigenvalue weighted by Crippen LogP contribution is 2.10. The maximum absolute atomic E-state index is 13.8. The van der Waals surface area contributed by atoms with Gasteiger partial charge in [0.25, 0.3) is 0 Å². The Bertz CT molecular complexity index is 1750. The number of carboxylic acids is 2. The van der Waals surface area contributed by atoms with Gasteiger partial charge < -0.3 is 42.5 Å². The van der Waals surface area contributed by atoms with E-state index in [-0.39, 0.29) is 25.2 Å². The van der Waals surface area contributed by atoms with Crippen LogP contribution in [0.2, 0.25) is 0 Å². The SMILES string of the molecule is CSCCC(NC(=O)C(CC(C)C)NC(=O)CNC(=O)C(Cc1ccccc1)NCC(=O)C(Cc1ccccc1)NC(=O)C(CC(=O)O)NC(=O)CCC(=O)O)C(N)=O. The average molecular weight is 842 g/mol. The molecule has 19 heteroatoms. The lowest BCUT2D eigenvalue weighted by molar-refractivity contribution is -0.142. The van der Waals surface area contributed by atoms with E-state index in [0.717, 1.165) is 0 Å². The molecule has 6 amide bonds. The molecule has 2 rings (SSSR count). The fourth-order valence-corrected chi connectivity index (χ4v) is 6.20. The van der Waals surface area contributed by atoms with Gasteiger partial charge in [0, 0.05) is 6.42 Å². The molecule has 0 aliphatic rings. The number of hydrogen-bond acceptors (Lipinski definition) is 11. The van der Waals surface area contributed by atoms with E-state index in [1.54, 1.807) is 60.7 Å². The van der Waals surface area contributed by atoms with Gasteiger partial charge in [-0.15, -0.1) is 0 Å². The number of nitrogens with one attached hydrogen (secondary N) is 6. The third kappa shape index (κ3) is 19.9. The van der Waals surface area contributed by atoms with Gasteiger partial charge in [0.2, 0.25) is 35.4 Å². The topological polar surface area (TPSA) is 292 Å². The average Bonchev–Trinajstić information content (AvgIpc) is 3.18. The third-order valence-corrected chi connectivity index (χ3v) is 9.40. The second-order valence-electron chi connectivity index (χ2n) is 14.2. The van der Waals surface area contributed by atoms with Crippen LogP contribution in [-0.4, -0.2) is 119 Å². The van der Waals surface area contributed by atoms with Crippen molar-refractivity contribution in [2.75, 3.05) is 25.1 Å². The summed E-state index contributed by atoms with van der Waals surface area (Å²) < 4.78 is 0. The molecule has 0 fully saturated rings. The molecule has 0 spiro atoms. The van der Waals surface area contributed by atoms with Gasteiger partial charge >= 0.3 is 11.9 Å². The number of amides is 6. The third-order valence-electron chi connectivity index (χ3n) is 8.76. The Morgan fingerprint density at radius 3 is 1.69 bits per heavy atom. The molecule has 10 N–H and O–H groups in total. The number of carboxylic acid groups (broad SMARTS) is 2. The minimum atomic E-state index is -1.63. The number of aliphatic carboxylic acids is 2. The predicted octanol–water partition coefficient (Wildman–Crippen LogP) is -0.321. The molecular formula is C40H55N7O11S. The van der Waals surface area contributed by atoms with Gasteiger partial charge in [-0.05, 0) is 54.7 Å². The standard InChI is InChI=1S/C40H55N7O11S/c1-24(2)18-30(39(57)46-27(37(41)55)16-17-59-3)45-34(50)23-43-38(56)29(20-26-12-8-5-9-13-26)42-22-32(48)28(19-25-10-6-4-7-11-25)47-40(58)31(21-36(53)54)44-33(49)14-15-35(51)52/h4-13,24,27-31,42H,14-23H2,1-3H3,(H2,41,55)(H,43,56)(H,44,49)(H,45,50)(H,46,57)(H,47,58)(H,51,52)(H,53,54). The summed E-state index contributed by atoms with van der Waals surface area (Å²) in [5, 5.41) is 33.7. The predicted molar refractivity (Wildman–Crippen MR) is 219 cm³/mol. The van der Waals surface area contributed by atoms with E-state index in [9.17, 15) is 48.3 Å². The number of rotatable bonds is 28. The van der Waals surface area contributed by atoms with Crippen LogP contribution in [0.4, 0.5) is 0 Å². The molecular weight excluding hydrogens is 787 g/mol. The zero-order chi connectivity index (χ0) is 43.9. The normalized spacial score (nSPS) is 13.4. The van der Waals surface area contributed by atoms with E-state index in [1.165, 1.54) is 11.8 Å². The fraction of sp³-hybridized carbons (Fsp3) is 0.475. The van der Waals surface area contributed by atoms with Crippen LogP contribution in [0.3, 0.4) is 0 Å². The molecule has 0 radical (unpaired) electrons. The van der Waals surface area contributed by atoms with Crippen LogP contribution in [-0.2, 0) is 56.0 Å². The Kier molecular flexibility index (Phi) is 21.9. The second-order valence-corrected chi connectivity index (χ2v) is 15.2. The number of carbonyl (C=O) groups excluding carboxylic acids is 7. The summed E-state index contributed by atoms with van der Waals surface area (Å²) in [6, 6.07) is 11.4. The first-order valence-electron chi connectivity index (χ1n) is 19.0. The lowest BCUT2D eigenvalue weighted by Crippen LogP contribution is -2.56. The van der Waals surface area contributed by atoms with Crippen LogP contribution in [0.5, 0.6) is 0 Å². The van der Waals surface area contributed by atoms with Gasteiger partial charge in [0.05, 0.1) is 38.0 Å². The minimum Gasteiger partial charge on any atom is -0.481 e. The summed E-state index contributed by atoms with van der Waals surface area (Å²) in [6.45, 7) is 2.69. The van der Waals surface area contributed by atoms with Crippen LogP contribution in [0.15, 0.2) is 60.7 Å². The minimum absolute atomic E-state index is 0.0306. The summed E-state index contributed by atoms with van der Waals surface area (Å²) in [6.07, 6.45) is 0.499. The molecule has 322 valence electrons. The molecule has 18 nitrogen and oxygen atoms in total. The summed E-state index contributed by atoms with van der Waals surface area (Å²) in [5.41, 5.74) is 6.82. The zero-order valence-electron chi connectivity index (χ0n) is 33.4. The van der Waals surface area contributed by atoms with E-state index in [2.05, 4.69) is 31.9 Å². The van der Waals surface area contributed by atoms with Gasteiger partial charge in [-0.1, -0.05) is 74.5 Å². The number of ketones is 1. The van der Waals surface area contributed by atoms with E-state index in [1.807, 2.05) is 20.1 Å². The first-order valence-corrected chi connectivity index (χ1v) is 20.4. The Labute approximate surface area is 347 Å². The van der Waals surface area contributed by atoms with Gasteiger partial charge in [0.1, 0.15) is 18.1 Å². The van der Waals surface area contributed by atoms with E-state index in [0.29, 0.717) is 23.3 Å². The van der Waals surface area contributed by atoms with Crippen LogP contribution >= 0.6 is 11.8 Å².